The highest BCUT2D eigenvalue weighted by molar-refractivity contribution is 5.85. The third kappa shape index (κ3) is 2.96. The van der Waals surface area contributed by atoms with Crippen molar-refractivity contribution in [3.8, 4) is 0 Å². The van der Waals surface area contributed by atoms with Gasteiger partial charge < -0.3 is 15.3 Å². The molecule has 0 saturated heterocycles. The Labute approximate surface area is 119 Å². The summed E-state index contributed by atoms with van der Waals surface area (Å²) in [6, 6.07) is -0.325. The van der Waals surface area contributed by atoms with E-state index in [-0.39, 0.29) is 36.7 Å². The molecule has 3 atom stereocenters. The molecule has 114 valence electrons. The Balaban J connectivity index is 2.37. The summed E-state index contributed by atoms with van der Waals surface area (Å²) in [4.78, 5) is 36.1. The number of aliphatic hydroxyl groups excluding tert-OH is 2. The summed E-state index contributed by atoms with van der Waals surface area (Å²) in [7, 11) is 0. The number of aromatic nitrogens is 2. The average molecular weight is 296 g/mol. The number of carbonyl (C=O) groups is 1. The predicted molar refractivity (Wildman–Crippen MR) is 72.8 cm³/mol. The van der Waals surface area contributed by atoms with E-state index in [1.807, 2.05) is 0 Å². The molecule has 0 aromatic carbocycles. The van der Waals surface area contributed by atoms with Crippen molar-refractivity contribution >= 4 is 12.0 Å². The molecular weight excluding hydrogens is 280 g/mol. The third-order valence-electron chi connectivity index (χ3n) is 3.85. The molecule has 1 heterocycles. The van der Waals surface area contributed by atoms with Crippen LogP contribution in [0, 0.1) is 11.8 Å². The fourth-order valence-corrected chi connectivity index (χ4v) is 2.61. The van der Waals surface area contributed by atoms with Crippen LogP contribution in [0.15, 0.2) is 21.9 Å². The van der Waals surface area contributed by atoms with E-state index in [0.29, 0.717) is 6.42 Å². The van der Waals surface area contributed by atoms with Gasteiger partial charge in [0.1, 0.15) is 0 Å². The van der Waals surface area contributed by atoms with Crippen molar-refractivity contribution in [1.29, 1.82) is 0 Å². The first-order valence-corrected chi connectivity index (χ1v) is 6.46. The minimum Gasteiger partial charge on any atom is -0.478 e. The Hall–Kier alpha value is -2.19. The van der Waals surface area contributed by atoms with Gasteiger partial charge in [0.2, 0.25) is 0 Å². The number of nitrogens with one attached hydrogen (secondary N) is 1. The summed E-state index contributed by atoms with van der Waals surface area (Å²) in [5, 5.41) is 27.0. The van der Waals surface area contributed by atoms with E-state index in [2.05, 4.69) is 4.98 Å². The Morgan fingerprint density at radius 1 is 1.38 bits per heavy atom. The zero-order valence-corrected chi connectivity index (χ0v) is 11.1. The van der Waals surface area contributed by atoms with Crippen molar-refractivity contribution in [1.82, 2.24) is 9.55 Å². The SMILES string of the molecule is O=C(O)/C=C/c1cn([C@H]2C[C@@H](CO)[C@@H]2CO)c(=O)[nH]c1=O. The summed E-state index contributed by atoms with van der Waals surface area (Å²) in [6.07, 6.45) is 3.70. The Morgan fingerprint density at radius 2 is 2.10 bits per heavy atom. The number of rotatable bonds is 5. The number of carboxylic acid groups (broad SMARTS) is 1. The van der Waals surface area contributed by atoms with Gasteiger partial charge in [-0.1, -0.05) is 0 Å². The van der Waals surface area contributed by atoms with Crippen LogP contribution in [-0.4, -0.2) is 44.1 Å². The monoisotopic (exact) mass is 296 g/mol. The molecule has 8 heteroatoms. The van der Waals surface area contributed by atoms with Gasteiger partial charge in [0.05, 0.1) is 5.56 Å². The number of nitrogens with zero attached hydrogens (tertiary/aromatic N) is 1. The summed E-state index contributed by atoms with van der Waals surface area (Å²) < 4.78 is 1.27. The van der Waals surface area contributed by atoms with Crippen LogP contribution in [-0.2, 0) is 4.79 Å². The molecule has 0 aliphatic heterocycles. The number of aromatic amines is 1. The summed E-state index contributed by atoms with van der Waals surface area (Å²) in [5.74, 6) is -1.56. The molecule has 0 amide bonds. The Morgan fingerprint density at radius 3 is 2.67 bits per heavy atom. The van der Waals surface area contributed by atoms with E-state index >= 15 is 0 Å². The molecule has 0 unspecified atom stereocenters. The first kappa shape index (κ1) is 15.2. The molecule has 1 aromatic rings. The van der Waals surface area contributed by atoms with Crippen LogP contribution in [0.4, 0.5) is 0 Å². The Bertz CT molecular complexity index is 674. The van der Waals surface area contributed by atoms with Gasteiger partial charge in [0.25, 0.3) is 5.56 Å². The number of aliphatic carboxylic acids is 1. The lowest BCUT2D eigenvalue weighted by atomic mass is 9.70. The topological polar surface area (TPSA) is 133 Å². The van der Waals surface area contributed by atoms with Crippen LogP contribution >= 0.6 is 0 Å². The molecule has 0 spiro atoms. The highest BCUT2D eigenvalue weighted by Gasteiger charge is 2.41. The van der Waals surface area contributed by atoms with Gasteiger partial charge in [-0.2, -0.15) is 0 Å². The number of hydrogen-bond acceptors (Lipinski definition) is 5. The summed E-state index contributed by atoms with van der Waals surface area (Å²) >= 11 is 0. The molecule has 1 saturated carbocycles. The lowest BCUT2D eigenvalue weighted by Crippen LogP contribution is -2.47. The van der Waals surface area contributed by atoms with Crippen molar-refractivity contribution in [2.45, 2.75) is 12.5 Å². The molecule has 1 aliphatic rings. The summed E-state index contributed by atoms with van der Waals surface area (Å²) in [6.45, 7) is -0.257. The van der Waals surface area contributed by atoms with E-state index in [1.54, 1.807) is 0 Å². The average Bonchev–Trinajstić information content (AvgIpc) is 2.39. The van der Waals surface area contributed by atoms with E-state index in [4.69, 9.17) is 10.2 Å². The number of H-pyrrole nitrogens is 1. The van der Waals surface area contributed by atoms with Crippen LogP contribution in [0.1, 0.15) is 18.0 Å². The highest BCUT2D eigenvalue weighted by Crippen LogP contribution is 2.42. The Kier molecular flexibility index (Phi) is 4.39. The molecule has 2 rings (SSSR count). The minimum atomic E-state index is -1.20. The first-order valence-electron chi connectivity index (χ1n) is 6.46. The van der Waals surface area contributed by atoms with Gasteiger partial charge >= 0.3 is 11.7 Å². The molecule has 1 aromatic heterocycles. The van der Waals surface area contributed by atoms with Gasteiger partial charge in [0.15, 0.2) is 0 Å². The maximum absolute atomic E-state index is 11.8. The van der Waals surface area contributed by atoms with Crippen LogP contribution in [0.25, 0.3) is 6.08 Å². The molecule has 0 radical (unpaired) electrons. The number of aliphatic hydroxyl groups is 2. The quantitative estimate of drug-likeness (QED) is 0.504. The van der Waals surface area contributed by atoms with Crippen LogP contribution < -0.4 is 11.2 Å². The fraction of sp³-hybridized carbons (Fsp3) is 0.462. The van der Waals surface area contributed by atoms with Gasteiger partial charge in [-0.3, -0.25) is 14.3 Å². The van der Waals surface area contributed by atoms with Gasteiger partial charge in [-0.05, 0) is 18.4 Å². The van der Waals surface area contributed by atoms with Crippen molar-refractivity contribution in [2.75, 3.05) is 13.2 Å². The normalized spacial score (nSPS) is 25.0. The maximum Gasteiger partial charge on any atom is 0.328 e. The zero-order valence-electron chi connectivity index (χ0n) is 11.1. The zero-order chi connectivity index (χ0) is 15.6. The van der Waals surface area contributed by atoms with E-state index in [1.165, 1.54) is 10.8 Å². The number of carboxylic acids is 1. The third-order valence-corrected chi connectivity index (χ3v) is 3.85. The van der Waals surface area contributed by atoms with Crippen molar-refractivity contribution < 1.29 is 20.1 Å². The summed E-state index contributed by atoms with van der Waals surface area (Å²) in [5.41, 5.74) is -1.25. The molecule has 1 aliphatic carbocycles. The van der Waals surface area contributed by atoms with Gasteiger partial charge in [0, 0.05) is 37.4 Å². The first-order chi connectivity index (χ1) is 9.97. The van der Waals surface area contributed by atoms with Crippen LogP contribution in [0.2, 0.25) is 0 Å². The minimum absolute atomic E-state index is 0.0427. The van der Waals surface area contributed by atoms with Crippen molar-refractivity contribution in [2.24, 2.45) is 11.8 Å². The van der Waals surface area contributed by atoms with Crippen LogP contribution in [0.5, 0.6) is 0 Å². The van der Waals surface area contributed by atoms with Crippen molar-refractivity contribution in [3.05, 3.63) is 38.7 Å². The second-order valence-corrected chi connectivity index (χ2v) is 5.01. The standard InChI is InChI=1S/C13H16N2O6/c16-5-8-3-10(9(8)6-17)15-4-7(1-2-11(18)19)12(20)14-13(15)21/h1-2,4,8-10,16-17H,3,5-6H2,(H,18,19)(H,14,20,21)/b2-1+/t8-,9-,10-/m0/s1. The smallest absolute Gasteiger partial charge is 0.328 e. The second-order valence-electron chi connectivity index (χ2n) is 5.01. The van der Waals surface area contributed by atoms with E-state index in [9.17, 15) is 19.5 Å². The van der Waals surface area contributed by atoms with E-state index < -0.39 is 17.2 Å². The van der Waals surface area contributed by atoms with Gasteiger partial charge in [-0.25, -0.2) is 9.59 Å². The van der Waals surface area contributed by atoms with E-state index in [0.717, 1.165) is 12.2 Å². The largest absolute Gasteiger partial charge is 0.478 e. The predicted octanol–water partition coefficient (Wildman–Crippen LogP) is -1.20. The fourth-order valence-electron chi connectivity index (χ4n) is 2.61. The molecule has 8 nitrogen and oxygen atoms in total. The van der Waals surface area contributed by atoms with Crippen molar-refractivity contribution in [3.63, 3.8) is 0 Å². The molecular formula is C13H16N2O6. The molecule has 0 bridgehead atoms. The highest BCUT2D eigenvalue weighted by atomic mass is 16.4. The second kappa shape index (κ2) is 6.06. The lowest BCUT2D eigenvalue weighted by molar-refractivity contribution is -0.131. The lowest BCUT2D eigenvalue weighted by Gasteiger charge is -2.43. The van der Waals surface area contributed by atoms with Crippen LogP contribution in [0.3, 0.4) is 0 Å². The maximum atomic E-state index is 11.8. The van der Waals surface area contributed by atoms with Gasteiger partial charge in [-0.15, -0.1) is 0 Å². The number of hydrogen-bond donors (Lipinski definition) is 4. The molecule has 21 heavy (non-hydrogen) atoms. The molecule has 4 N–H and O–H groups in total. The molecule has 1 fully saturated rings.